The Hall–Kier alpha value is -2.37. The van der Waals surface area contributed by atoms with E-state index in [1.165, 1.54) is 12.4 Å². The second-order valence-electron chi connectivity index (χ2n) is 4.33. The van der Waals surface area contributed by atoms with Crippen molar-refractivity contribution in [3.8, 4) is 0 Å². The zero-order valence-corrected chi connectivity index (χ0v) is 11.4. The lowest BCUT2D eigenvalue weighted by Gasteiger charge is -2.05. The van der Waals surface area contributed by atoms with Crippen LogP contribution in [0.2, 0.25) is 0 Å². The highest BCUT2D eigenvalue weighted by atomic mass is 16.3. The van der Waals surface area contributed by atoms with Crippen LogP contribution in [0, 0.1) is 0 Å². The molecule has 2 rings (SSSR count). The van der Waals surface area contributed by atoms with Gasteiger partial charge in [0.05, 0.1) is 25.2 Å². The van der Waals surface area contributed by atoms with E-state index in [2.05, 4.69) is 27.5 Å². The van der Waals surface area contributed by atoms with Crippen molar-refractivity contribution in [3.63, 3.8) is 0 Å². The van der Waals surface area contributed by atoms with Crippen LogP contribution in [-0.2, 0) is 6.54 Å². The van der Waals surface area contributed by atoms with E-state index < -0.39 is 0 Å². The van der Waals surface area contributed by atoms with Gasteiger partial charge in [-0.05, 0) is 18.6 Å². The average Bonchev–Trinajstić information content (AvgIpc) is 2.99. The molecular formula is C14H18N4O2. The third kappa shape index (κ3) is 4.08. The fourth-order valence-electron chi connectivity index (χ4n) is 1.60. The van der Waals surface area contributed by atoms with Crippen molar-refractivity contribution in [2.45, 2.75) is 26.3 Å². The Morgan fingerprint density at radius 3 is 2.90 bits per heavy atom. The standard InChI is InChI=1S/C14H18N4O2/c1-2-3-6-15-14(19)12-9-18-13(10-16-12)17-8-11-5-4-7-20-11/h4-5,7,9-10H,2-3,6,8H2,1H3,(H,15,19)(H,17,18). The zero-order chi connectivity index (χ0) is 14.2. The van der Waals surface area contributed by atoms with Gasteiger partial charge in [-0.15, -0.1) is 0 Å². The summed E-state index contributed by atoms with van der Waals surface area (Å²) in [7, 11) is 0. The van der Waals surface area contributed by atoms with Crippen LogP contribution < -0.4 is 10.6 Å². The number of hydrogen-bond donors (Lipinski definition) is 2. The summed E-state index contributed by atoms with van der Waals surface area (Å²) in [5.41, 5.74) is 0.324. The molecule has 2 aromatic heterocycles. The largest absolute Gasteiger partial charge is 0.467 e. The van der Waals surface area contributed by atoms with Crippen molar-refractivity contribution in [1.82, 2.24) is 15.3 Å². The molecule has 0 aliphatic heterocycles. The summed E-state index contributed by atoms with van der Waals surface area (Å²) in [5.74, 6) is 1.23. The number of anilines is 1. The van der Waals surface area contributed by atoms with E-state index in [0.29, 0.717) is 24.6 Å². The van der Waals surface area contributed by atoms with Crippen LogP contribution in [0.25, 0.3) is 0 Å². The molecule has 6 heteroatoms. The fraction of sp³-hybridized carbons (Fsp3) is 0.357. The number of hydrogen-bond acceptors (Lipinski definition) is 5. The highest BCUT2D eigenvalue weighted by Gasteiger charge is 2.07. The van der Waals surface area contributed by atoms with E-state index in [4.69, 9.17) is 4.42 Å². The number of nitrogens with one attached hydrogen (secondary N) is 2. The quantitative estimate of drug-likeness (QED) is 0.757. The van der Waals surface area contributed by atoms with Crippen molar-refractivity contribution in [2.75, 3.05) is 11.9 Å². The normalized spacial score (nSPS) is 10.2. The van der Waals surface area contributed by atoms with E-state index >= 15 is 0 Å². The lowest BCUT2D eigenvalue weighted by Crippen LogP contribution is -2.25. The molecule has 0 aliphatic carbocycles. The number of carbonyl (C=O) groups excluding carboxylic acids is 1. The zero-order valence-electron chi connectivity index (χ0n) is 11.4. The Bertz CT molecular complexity index is 523. The number of nitrogens with zero attached hydrogens (tertiary/aromatic N) is 2. The summed E-state index contributed by atoms with van der Waals surface area (Å²) in [5, 5.41) is 5.86. The number of rotatable bonds is 7. The predicted octanol–water partition coefficient (Wildman–Crippen LogP) is 2.21. The van der Waals surface area contributed by atoms with Crippen LogP contribution in [0.5, 0.6) is 0 Å². The van der Waals surface area contributed by atoms with Crippen LogP contribution in [0.4, 0.5) is 5.82 Å². The second-order valence-corrected chi connectivity index (χ2v) is 4.33. The van der Waals surface area contributed by atoms with E-state index in [-0.39, 0.29) is 5.91 Å². The fourth-order valence-corrected chi connectivity index (χ4v) is 1.60. The first kappa shape index (κ1) is 14.0. The van der Waals surface area contributed by atoms with Crippen LogP contribution in [0.15, 0.2) is 35.2 Å². The van der Waals surface area contributed by atoms with Crippen molar-refractivity contribution >= 4 is 11.7 Å². The molecule has 6 nitrogen and oxygen atoms in total. The van der Waals surface area contributed by atoms with Crippen LogP contribution >= 0.6 is 0 Å². The van der Waals surface area contributed by atoms with E-state index in [1.54, 1.807) is 6.26 Å². The third-order valence-corrected chi connectivity index (χ3v) is 2.72. The van der Waals surface area contributed by atoms with Gasteiger partial charge in [-0.3, -0.25) is 4.79 Å². The molecule has 0 aromatic carbocycles. The lowest BCUT2D eigenvalue weighted by atomic mass is 10.3. The monoisotopic (exact) mass is 274 g/mol. The number of amides is 1. The van der Waals surface area contributed by atoms with Gasteiger partial charge in [-0.2, -0.15) is 0 Å². The van der Waals surface area contributed by atoms with Gasteiger partial charge in [0.25, 0.3) is 5.91 Å². The van der Waals surface area contributed by atoms with Gasteiger partial charge in [-0.1, -0.05) is 13.3 Å². The van der Waals surface area contributed by atoms with Crippen LogP contribution in [0.1, 0.15) is 36.0 Å². The Kier molecular flexibility index (Phi) is 5.11. The van der Waals surface area contributed by atoms with E-state index in [1.807, 2.05) is 12.1 Å². The van der Waals surface area contributed by atoms with E-state index in [0.717, 1.165) is 18.6 Å². The third-order valence-electron chi connectivity index (χ3n) is 2.72. The maximum atomic E-state index is 11.7. The van der Waals surface area contributed by atoms with Crippen molar-refractivity contribution in [1.29, 1.82) is 0 Å². The van der Waals surface area contributed by atoms with Gasteiger partial charge in [0.1, 0.15) is 17.3 Å². The number of carbonyl (C=O) groups is 1. The smallest absolute Gasteiger partial charge is 0.271 e. The molecule has 106 valence electrons. The molecule has 20 heavy (non-hydrogen) atoms. The Morgan fingerprint density at radius 2 is 2.25 bits per heavy atom. The minimum absolute atomic E-state index is 0.191. The SMILES string of the molecule is CCCCNC(=O)c1cnc(NCc2ccco2)cn1. The highest BCUT2D eigenvalue weighted by Crippen LogP contribution is 2.06. The molecule has 1 amide bonds. The van der Waals surface area contributed by atoms with Gasteiger partial charge in [-0.25, -0.2) is 9.97 Å². The van der Waals surface area contributed by atoms with Gasteiger partial charge in [0.15, 0.2) is 0 Å². The first-order valence-electron chi connectivity index (χ1n) is 6.66. The van der Waals surface area contributed by atoms with Gasteiger partial charge in [0.2, 0.25) is 0 Å². The topological polar surface area (TPSA) is 80.0 Å². The molecule has 0 radical (unpaired) electrons. The first-order valence-corrected chi connectivity index (χ1v) is 6.66. The van der Waals surface area contributed by atoms with Crippen molar-refractivity contribution < 1.29 is 9.21 Å². The molecule has 2 heterocycles. The van der Waals surface area contributed by atoms with Crippen molar-refractivity contribution in [3.05, 3.63) is 42.2 Å². The average molecular weight is 274 g/mol. The maximum Gasteiger partial charge on any atom is 0.271 e. The summed E-state index contributed by atoms with van der Waals surface area (Å²) in [6.07, 6.45) is 6.62. The molecule has 0 saturated carbocycles. The summed E-state index contributed by atoms with van der Waals surface area (Å²) in [6.45, 7) is 3.27. The van der Waals surface area contributed by atoms with Crippen LogP contribution in [0.3, 0.4) is 0 Å². The molecule has 0 atom stereocenters. The molecule has 0 aliphatic rings. The van der Waals surface area contributed by atoms with E-state index in [9.17, 15) is 4.79 Å². The van der Waals surface area contributed by atoms with Gasteiger partial charge < -0.3 is 15.1 Å². The molecule has 0 spiro atoms. The first-order chi connectivity index (χ1) is 9.79. The Morgan fingerprint density at radius 1 is 1.35 bits per heavy atom. The van der Waals surface area contributed by atoms with Gasteiger partial charge >= 0.3 is 0 Å². The molecule has 0 bridgehead atoms. The highest BCUT2D eigenvalue weighted by molar-refractivity contribution is 5.91. The predicted molar refractivity (Wildman–Crippen MR) is 75.3 cm³/mol. The number of aromatic nitrogens is 2. The minimum atomic E-state index is -0.191. The summed E-state index contributed by atoms with van der Waals surface area (Å²) in [6, 6.07) is 3.70. The summed E-state index contributed by atoms with van der Waals surface area (Å²) >= 11 is 0. The van der Waals surface area contributed by atoms with Crippen LogP contribution in [-0.4, -0.2) is 22.4 Å². The molecule has 0 unspecified atom stereocenters. The molecule has 0 fully saturated rings. The van der Waals surface area contributed by atoms with Gasteiger partial charge in [0, 0.05) is 6.54 Å². The number of unbranched alkanes of at least 4 members (excludes halogenated alkanes) is 1. The molecule has 2 aromatic rings. The Balaban J connectivity index is 1.84. The lowest BCUT2D eigenvalue weighted by molar-refractivity contribution is 0.0948. The minimum Gasteiger partial charge on any atom is -0.467 e. The molecule has 0 saturated heterocycles. The molecular weight excluding hydrogens is 256 g/mol. The van der Waals surface area contributed by atoms with Crippen molar-refractivity contribution in [2.24, 2.45) is 0 Å². The summed E-state index contributed by atoms with van der Waals surface area (Å²) < 4.78 is 5.20. The summed E-state index contributed by atoms with van der Waals surface area (Å²) in [4.78, 5) is 20.0. The molecule has 2 N–H and O–H groups in total. The Labute approximate surface area is 117 Å². The maximum absolute atomic E-state index is 11.7. The number of furan rings is 1. The second kappa shape index (κ2) is 7.28.